The zero-order valence-electron chi connectivity index (χ0n) is 12.5. The molecule has 0 amide bonds. The van der Waals surface area contributed by atoms with Gasteiger partial charge >= 0.3 is 0 Å². The summed E-state index contributed by atoms with van der Waals surface area (Å²) in [5.74, 6) is 0.878. The summed E-state index contributed by atoms with van der Waals surface area (Å²) in [5.41, 5.74) is 4.42. The van der Waals surface area contributed by atoms with Crippen molar-refractivity contribution >= 4 is 31.9 Å². The van der Waals surface area contributed by atoms with E-state index in [-0.39, 0.29) is 6.04 Å². The van der Waals surface area contributed by atoms with Crippen molar-refractivity contribution in [3.05, 3.63) is 55.7 Å². The summed E-state index contributed by atoms with van der Waals surface area (Å²) in [5, 5.41) is 3.34. The first-order valence-electron chi connectivity index (χ1n) is 6.61. The quantitative estimate of drug-likeness (QED) is 0.798. The first kappa shape index (κ1) is 16.5. The van der Waals surface area contributed by atoms with Crippen molar-refractivity contribution < 1.29 is 4.74 Å². The average molecular weight is 414 g/mol. The van der Waals surface area contributed by atoms with E-state index < -0.39 is 0 Å². The van der Waals surface area contributed by atoms with Crippen LogP contribution in [0.4, 0.5) is 0 Å². The van der Waals surface area contributed by atoms with Gasteiger partial charge in [-0.05, 0) is 76.0 Å². The van der Waals surface area contributed by atoms with E-state index in [2.05, 4.69) is 68.1 Å². The van der Waals surface area contributed by atoms with Crippen LogP contribution in [0.15, 0.2) is 33.3 Å². The Balaban J connectivity index is 2.61. The minimum atomic E-state index is -0.0389. The number of nitrogens with zero attached hydrogens (tertiary/aromatic N) is 1. The molecule has 21 heavy (non-hydrogen) atoms. The first-order chi connectivity index (χ1) is 9.97. The Morgan fingerprint density at radius 1 is 1.19 bits per heavy atom. The molecular weight excluding hydrogens is 396 g/mol. The standard InChI is InChI=1S/C16H18Br2N2O/c1-9-5-10(2)14(13(6-9)21-4)16(19-3)15-12(18)7-11(17)8-20-15/h5-8,16,19H,1-4H3. The molecule has 0 aliphatic heterocycles. The van der Waals surface area contributed by atoms with Gasteiger partial charge in [-0.3, -0.25) is 4.98 Å². The first-order valence-corrected chi connectivity index (χ1v) is 8.19. The van der Waals surface area contributed by atoms with Gasteiger partial charge in [0.2, 0.25) is 0 Å². The van der Waals surface area contributed by atoms with Crippen LogP contribution in [0.5, 0.6) is 5.75 Å². The highest BCUT2D eigenvalue weighted by Crippen LogP contribution is 2.36. The summed E-state index contributed by atoms with van der Waals surface area (Å²) in [6.07, 6.45) is 1.81. The molecule has 2 rings (SSSR count). The van der Waals surface area contributed by atoms with Crippen molar-refractivity contribution in [1.29, 1.82) is 0 Å². The second-order valence-corrected chi connectivity index (χ2v) is 6.71. The number of methoxy groups -OCH3 is 1. The van der Waals surface area contributed by atoms with Crippen LogP contribution in [0, 0.1) is 13.8 Å². The molecule has 0 radical (unpaired) electrons. The largest absolute Gasteiger partial charge is 0.496 e. The molecule has 1 N–H and O–H groups in total. The predicted molar refractivity (Wildman–Crippen MR) is 93.0 cm³/mol. The summed E-state index contributed by atoms with van der Waals surface area (Å²) >= 11 is 7.04. The summed E-state index contributed by atoms with van der Waals surface area (Å²) in [7, 11) is 3.63. The third-order valence-electron chi connectivity index (χ3n) is 3.40. The number of hydrogen-bond donors (Lipinski definition) is 1. The fourth-order valence-corrected chi connectivity index (χ4v) is 3.75. The number of ether oxygens (including phenoxy) is 1. The number of aromatic nitrogens is 1. The lowest BCUT2D eigenvalue weighted by Gasteiger charge is -2.22. The van der Waals surface area contributed by atoms with Gasteiger partial charge in [0, 0.05) is 20.7 Å². The molecule has 112 valence electrons. The van der Waals surface area contributed by atoms with Crippen molar-refractivity contribution in [2.75, 3.05) is 14.2 Å². The Morgan fingerprint density at radius 3 is 2.48 bits per heavy atom. The molecule has 0 spiro atoms. The van der Waals surface area contributed by atoms with Gasteiger partial charge < -0.3 is 10.1 Å². The van der Waals surface area contributed by atoms with Gasteiger partial charge in [0.15, 0.2) is 0 Å². The lowest BCUT2D eigenvalue weighted by atomic mass is 9.95. The summed E-state index contributed by atoms with van der Waals surface area (Å²) in [6, 6.07) is 6.18. The highest BCUT2D eigenvalue weighted by Gasteiger charge is 2.22. The Bertz CT molecular complexity index is 659. The third kappa shape index (κ3) is 3.47. The van der Waals surface area contributed by atoms with E-state index in [0.29, 0.717) is 0 Å². The highest BCUT2D eigenvalue weighted by molar-refractivity contribution is 9.11. The Kier molecular flexibility index (Phi) is 5.41. The molecule has 5 heteroatoms. The van der Waals surface area contributed by atoms with Crippen molar-refractivity contribution in [2.45, 2.75) is 19.9 Å². The van der Waals surface area contributed by atoms with E-state index in [1.165, 1.54) is 11.1 Å². The van der Waals surface area contributed by atoms with Gasteiger partial charge in [-0.25, -0.2) is 0 Å². The Hall–Kier alpha value is -0.910. The third-order valence-corrected chi connectivity index (χ3v) is 4.47. The van der Waals surface area contributed by atoms with Crippen LogP contribution >= 0.6 is 31.9 Å². The normalized spacial score (nSPS) is 12.3. The topological polar surface area (TPSA) is 34.2 Å². The van der Waals surface area contributed by atoms with Gasteiger partial charge in [-0.1, -0.05) is 6.07 Å². The summed E-state index contributed by atoms with van der Waals surface area (Å²) in [4.78, 5) is 4.55. The van der Waals surface area contributed by atoms with Crippen LogP contribution in [0.25, 0.3) is 0 Å². The van der Waals surface area contributed by atoms with E-state index in [0.717, 1.165) is 26.0 Å². The molecule has 0 saturated carbocycles. The van der Waals surface area contributed by atoms with Crippen molar-refractivity contribution in [1.82, 2.24) is 10.3 Å². The predicted octanol–water partition coefficient (Wildman–Crippen LogP) is 4.54. The number of pyridine rings is 1. The zero-order valence-corrected chi connectivity index (χ0v) is 15.7. The smallest absolute Gasteiger partial charge is 0.124 e. The van der Waals surface area contributed by atoms with Crippen LogP contribution in [-0.2, 0) is 0 Å². The fraction of sp³-hybridized carbons (Fsp3) is 0.312. The molecule has 0 saturated heterocycles. The second kappa shape index (κ2) is 6.90. The number of halogens is 2. The Morgan fingerprint density at radius 2 is 1.90 bits per heavy atom. The molecule has 2 aromatic rings. The minimum Gasteiger partial charge on any atom is -0.496 e. The fourth-order valence-electron chi connectivity index (χ4n) is 2.53. The number of nitrogens with one attached hydrogen (secondary N) is 1. The zero-order chi connectivity index (χ0) is 15.6. The summed E-state index contributed by atoms with van der Waals surface area (Å²) in [6.45, 7) is 4.17. The van der Waals surface area contributed by atoms with Gasteiger partial charge in [0.25, 0.3) is 0 Å². The van der Waals surface area contributed by atoms with Crippen molar-refractivity contribution in [3.63, 3.8) is 0 Å². The lowest BCUT2D eigenvalue weighted by molar-refractivity contribution is 0.404. The van der Waals surface area contributed by atoms with Gasteiger partial charge in [-0.2, -0.15) is 0 Å². The molecule has 0 fully saturated rings. The van der Waals surface area contributed by atoms with Crippen LogP contribution in [0.2, 0.25) is 0 Å². The molecule has 1 aromatic heterocycles. The van der Waals surface area contributed by atoms with Crippen molar-refractivity contribution in [2.24, 2.45) is 0 Å². The van der Waals surface area contributed by atoms with E-state index in [1.807, 2.05) is 13.1 Å². The molecule has 0 aliphatic rings. The lowest BCUT2D eigenvalue weighted by Crippen LogP contribution is -2.21. The average Bonchev–Trinajstić information content (AvgIpc) is 2.42. The Labute approximate surface area is 142 Å². The van der Waals surface area contributed by atoms with Crippen LogP contribution in [0.3, 0.4) is 0 Å². The second-order valence-electron chi connectivity index (χ2n) is 4.94. The molecule has 1 aromatic carbocycles. The highest BCUT2D eigenvalue weighted by atomic mass is 79.9. The molecule has 1 heterocycles. The molecular formula is C16H18Br2N2O. The van der Waals surface area contributed by atoms with Crippen molar-refractivity contribution in [3.8, 4) is 5.75 Å². The van der Waals surface area contributed by atoms with E-state index in [4.69, 9.17) is 4.74 Å². The number of rotatable bonds is 4. The molecule has 1 atom stereocenters. The van der Waals surface area contributed by atoms with E-state index >= 15 is 0 Å². The number of aryl methyl sites for hydroxylation is 2. The van der Waals surface area contributed by atoms with Crippen LogP contribution in [-0.4, -0.2) is 19.1 Å². The van der Waals surface area contributed by atoms with E-state index in [9.17, 15) is 0 Å². The maximum atomic E-state index is 5.58. The van der Waals surface area contributed by atoms with Crippen LogP contribution < -0.4 is 10.1 Å². The number of benzene rings is 1. The molecule has 3 nitrogen and oxygen atoms in total. The summed E-state index contributed by atoms with van der Waals surface area (Å²) < 4.78 is 7.48. The minimum absolute atomic E-state index is 0.0389. The molecule has 0 aliphatic carbocycles. The maximum absolute atomic E-state index is 5.58. The maximum Gasteiger partial charge on any atom is 0.124 e. The monoisotopic (exact) mass is 412 g/mol. The van der Waals surface area contributed by atoms with E-state index in [1.54, 1.807) is 13.3 Å². The molecule has 1 unspecified atom stereocenters. The van der Waals surface area contributed by atoms with Gasteiger partial charge in [-0.15, -0.1) is 0 Å². The van der Waals surface area contributed by atoms with Crippen LogP contribution in [0.1, 0.15) is 28.4 Å². The molecule has 0 bridgehead atoms. The SMILES string of the molecule is CNC(c1ncc(Br)cc1Br)c1c(C)cc(C)cc1OC. The number of hydrogen-bond acceptors (Lipinski definition) is 3. The van der Waals surface area contributed by atoms with Gasteiger partial charge in [0.1, 0.15) is 5.75 Å². The van der Waals surface area contributed by atoms with Gasteiger partial charge in [0.05, 0.1) is 18.8 Å².